The molecule has 0 radical (unpaired) electrons. The Bertz CT molecular complexity index is 737. The van der Waals surface area contributed by atoms with Crippen molar-refractivity contribution in [1.29, 1.82) is 0 Å². The SMILES string of the molecule is COC(=O)c1ccc(O[C@H]2CCN(C(=O)OC(C)(C)C)C2)c(N2CCCCC2)c1. The number of benzene rings is 1. The van der Waals surface area contributed by atoms with Crippen molar-refractivity contribution in [3.05, 3.63) is 23.8 Å². The highest BCUT2D eigenvalue weighted by molar-refractivity contribution is 5.91. The Morgan fingerprint density at radius 1 is 1.07 bits per heavy atom. The minimum absolute atomic E-state index is 0.102. The third-order valence-corrected chi connectivity index (χ3v) is 5.17. The first kappa shape index (κ1) is 21.3. The van der Waals surface area contributed by atoms with Crippen molar-refractivity contribution in [3.8, 4) is 5.75 Å². The molecule has 7 heteroatoms. The highest BCUT2D eigenvalue weighted by atomic mass is 16.6. The Balaban J connectivity index is 1.73. The number of nitrogens with zero attached hydrogens (tertiary/aromatic N) is 2. The lowest BCUT2D eigenvalue weighted by Crippen LogP contribution is -2.36. The van der Waals surface area contributed by atoms with E-state index in [1.54, 1.807) is 11.0 Å². The Hall–Kier alpha value is -2.44. The summed E-state index contributed by atoms with van der Waals surface area (Å²) in [5, 5.41) is 0. The molecule has 0 aliphatic carbocycles. The largest absolute Gasteiger partial charge is 0.486 e. The minimum atomic E-state index is -0.513. The van der Waals surface area contributed by atoms with Gasteiger partial charge in [0.15, 0.2) is 0 Å². The number of methoxy groups -OCH3 is 1. The number of piperidine rings is 1. The summed E-state index contributed by atoms with van der Waals surface area (Å²) in [5.41, 5.74) is 0.923. The molecule has 160 valence electrons. The van der Waals surface area contributed by atoms with E-state index in [0.29, 0.717) is 18.7 Å². The fraction of sp³-hybridized carbons (Fsp3) is 0.636. The zero-order chi connectivity index (χ0) is 21.0. The number of carbonyl (C=O) groups is 2. The van der Waals surface area contributed by atoms with E-state index in [1.165, 1.54) is 13.5 Å². The van der Waals surface area contributed by atoms with Crippen LogP contribution < -0.4 is 9.64 Å². The van der Waals surface area contributed by atoms with Gasteiger partial charge >= 0.3 is 12.1 Å². The number of ether oxygens (including phenoxy) is 3. The lowest BCUT2D eigenvalue weighted by molar-refractivity contribution is 0.0275. The number of rotatable bonds is 4. The molecule has 1 amide bonds. The van der Waals surface area contributed by atoms with Crippen molar-refractivity contribution in [2.45, 2.75) is 58.2 Å². The molecule has 2 aliphatic rings. The fourth-order valence-corrected chi connectivity index (χ4v) is 3.74. The van der Waals surface area contributed by atoms with Gasteiger partial charge in [-0.3, -0.25) is 0 Å². The van der Waals surface area contributed by atoms with Gasteiger partial charge in [0.05, 0.1) is 24.9 Å². The first-order valence-electron chi connectivity index (χ1n) is 10.4. The van der Waals surface area contributed by atoms with Gasteiger partial charge in [0.25, 0.3) is 0 Å². The molecule has 2 saturated heterocycles. The third-order valence-electron chi connectivity index (χ3n) is 5.17. The summed E-state index contributed by atoms with van der Waals surface area (Å²) < 4.78 is 16.6. The van der Waals surface area contributed by atoms with Crippen molar-refractivity contribution < 1.29 is 23.8 Å². The summed E-state index contributed by atoms with van der Waals surface area (Å²) in [4.78, 5) is 28.3. The van der Waals surface area contributed by atoms with E-state index >= 15 is 0 Å². The first-order chi connectivity index (χ1) is 13.8. The smallest absolute Gasteiger partial charge is 0.410 e. The van der Waals surface area contributed by atoms with E-state index in [1.807, 2.05) is 32.9 Å². The summed E-state index contributed by atoms with van der Waals surface area (Å²) in [7, 11) is 1.39. The molecule has 0 N–H and O–H groups in total. The molecule has 7 nitrogen and oxygen atoms in total. The van der Waals surface area contributed by atoms with Gasteiger partial charge in [-0.25, -0.2) is 9.59 Å². The van der Waals surface area contributed by atoms with E-state index in [-0.39, 0.29) is 18.2 Å². The zero-order valence-electron chi connectivity index (χ0n) is 17.9. The average molecular weight is 405 g/mol. The van der Waals surface area contributed by atoms with Crippen LogP contribution in [0.5, 0.6) is 5.75 Å². The van der Waals surface area contributed by atoms with Crippen molar-refractivity contribution in [3.63, 3.8) is 0 Å². The van der Waals surface area contributed by atoms with Crippen LogP contribution in [0.25, 0.3) is 0 Å². The van der Waals surface area contributed by atoms with Gasteiger partial charge in [-0.1, -0.05) is 0 Å². The lowest BCUT2D eigenvalue weighted by Gasteiger charge is -2.31. The van der Waals surface area contributed by atoms with E-state index in [2.05, 4.69) is 4.90 Å². The van der Waals surface area contributed by atoms with Crippen LogP contribution in [-0.2, 0) is 9.47 Å². The van der Waals surface area contributed by atoms with Crippen LogP contribution in [0.2, 0.25) is 0 Å². The number of likely N-dealkylation sites (tertiary alicyclic amines) is 1. The van der Waals surface area contributed by atoms with Crippen LogP contribution in [0, 0.1) is 0 Å². The van der Waals surface area contributed by atoms with Gasteiger partial charge in [-0.15, -0.1) is 0 Å². The summed E-state index contributed by atoms with van der Waals surface area (Å²) in [6.45, 7) is 8.57. The number of esters is 1. The summed E-state index contributed by atoms with van der Waals surface area (Å²) >= 11 is 0. The molecule has 2 fully saturated rings. The van der Waals surface area contributed by atoms with E-state index in [0.717, 1.165) is 43.8 Å². The Morgan fingerprint density at radius 3 is 2.45 bits per heavy atom. The van der Waals surface area contributed by atoms with Crippen LogP contribution in [0.4, 0.5) is 10.5 Å². The topological polar surface area (TPSA) is 68.3 Å². The first-order valence-corrected chi connectivity index (χ1v) is 10.4. The van der Waals surface area contributed by atoms with Crippen LogP contribution in [0.3, 0.4) is 0 Å². The molecule has 0 bridgehead atoms. The molecular weight excluding hydrogens is 372 g/mol. The van der Waals surface area contributed by atoms with Crippen LogP contribution >= 0.6 is 0 Å². The van der Waals surface area contributed by atoms with Crippen LogP contribution in [-0.4, -0.2) is 62.0 Å². The molecule has 0 aromatic heterocycles. The van der Waals surface area contributed by atoms with Crippen molar-refractivity contribution >= 4 is 17.7 Å². The van der Waals surface area contributed by atoms with Gasteiger partial charge in [-0.05, 0) is 58.2 Å². The third kappa shape index (κ3) is 5.55. The summed E-state index contributed by atoms with van der Waals surface area (Å²) in [6.07, 6.45) is 3.81. The second kappa shape index (κ2) is 8.93. The van der Waals surface area contributed by atoms with Crippen molar-refractivity contribution in [1.82, 2.24) is 4.90 Å². The summed E-state index contributed by atoms with van der Waals surface area (Å²) in [5.74, 6) is 0.391. The molecule has 29 heavy (non-hydrogen) atoms. The molecule has 2 aliphatic heterocycles. The molecule has 3 rings (SSSR count). The predicted molar refractivity (Wildman–Crippen MR) is 111 cm³/mol. The Kier molecular flexibility index (Phi) is 6.55. The van der Waals surface area contributed by atoms with Gasteiger partial charge in [0, 0.05) is 26.1 Å². The number of carbonyl (C=O) groups excluding carboxylic acids is 2. The zero-order valence-corrected chi connectivity index (χ0v) is 17.9. The van der Waals surface area contributed by atoms with Gasteiger partial charge in [-0.2, -0.15) is 0 Å². The molecule has 0 spiro atoms. The lowest BCUT2D eigenvalue weighted by atomic mass is 10.1. The molecule has 1 aromatic carbocycles. The number of hydrogen-bond acceptors (Lipinski definition) is 6. The highest BCUT2D eigenvalue weighted by Gasteiger charge is 2.31. The monoisotopic (exact) mass is 404 g/mol. The number of hydrogen-bond donors (Lipinski definition) is 0. The maximum Gasteiger partial charge on any atom is 0.410 e. The minimum Gasteiger partial charge on any atom is -0.486 e. The highest BCUT2D eigenvalue weighted by Crippen LogP contribution is 2.34. The van der Waals surface area contributed by atoms with Crippen LogP contribution in [0.15, 0.2) is 18.2 Å². The van der Waals surface area contributed by atoms with E-state index < -0.39 is 5.60 Å². The van der Waals surface area contributed by atoms with Gasteiger partial charge < -0.3 is 24.0 Å². The number of anilines is 1. The van der Waals surface area contributed by atoms with E-state index in [9.17, 15) is 9.59 Å². The normalized spacial score (nSPS) is 19.8. The fourth-order valence-electron chi connectivity index (χ4n) is 3.74. The molecule has 2 heterocycles. The maximum atomic E-state index is 12.3. The van der Waals surface area contributed by atoms with Crippen molar-refractivity contribution in [2.75, 3.05) is 38.2 Å². The second-order valence-corrected chi connectivity index (χ2v) is 8.68. The molecular formula is C22H32N2O5. The maximum absolute atomic E-state index is 12.3. The van der Waals surface area contributed by atoms with Gasteiger partial charge in [0.2, 0.25) is 0 Å². The van der Waals surface area contributed by atoms with Crippen molar-refractivity contribution in [2.24, 2.45) is 0 Å². The number of amides is 1. The molecule has 0 saturated carbocycles. The molecule has 1 aromatic rings. The van der Waals surface area contributed by atoms with Crippen LogP contribution in [0.1, 0.15) is 56.8 Å². The quantitative estimate of drug-likeness (QED) is 0.710. The average Bonchev–Trinajstić information content (AvgIpc) is 3.16. The Labute approximate surface area is 172 Å². The summed E-state index contributed by atoms with van der Waals surface area (Å²) in [6, 6.07) is 5.43. The Morgan fingerprint density at radius 2 is 1.79 bits per heavy atom. The molecule has 1 atom stereocenters. The predicted octanol–water partition coefficient (Wildman–Crippen LogP) is 3.85. The van der Waals surface area contributed by atoms with E-state index in [4.69, 9.17) is 14.2 Å². The molecule has 0 unspecified atom stereocenters. The van der Waals surface area contributed by atoms with Gasteiger partial charge in [0.1, 0.15) is 17.5 Å². The standard InChI is InChI=1S/C22H32N2O5/c1-22(2,3)29-21(26)24-13-10-17(15-24)28-19-9-8-16(20(25)27-4)14-18(19)23-11-6-5-7-12-23/h8-9,14,17H,5-7,10-13,15H2,1-4H3/t17-/m0/s1. The second-order valence-electron chi connectivity index (χ2n) is 8.68.